The monoisotopic (exact) mass is 534 g/mol. The van der Waals surface area contributed by atoms with Gasteiger partial charge < -0.3 is 29.7 Å². The third-order valence-electron chi connectivity index (χ3n) is 5.79. The fraction of sp³-hybridized carbons (Fsp3) is 0.357. The molecule has 0 spiro atoms. The number of morpholine rings is 1. The molecule has 3 N–H and O–H groups in total. The van der Waals surface area contributed by atoms with Gasteiger partial charge in [0.15, 0.2) is 5.78 Å². The minimum Gasteiger partial charge on any atom is -0.494 e. The van der Waals surface area contributed by atoms with Gasteiger partial charge in [-0.25, -0.2) is 9.78 Å². The maximum atomic E-state index is 12.4. The molecular formula is C28H34N6O5. The molecule has 1 aliphatic rings. The van der Waals surface area contributed by atoms with Crippen molar-refractivity contribution < 1.29 is 23.8 Å². The minimum atomic E-state index is -0.650. The lowest BCUT2D eigenvalue weighted by molar-refractivity contribution is 0.0635. The van der Waals surface area contributed by atoms with Gasteiger partial charge in [-0.2, -0.15) is 4.98 Å². The van der Waals surface area contributed by atoms with Crippen LogP contribution in [0.5, 0.6) is 5.75 Å². The lowest BCUT2D eigenvalue weighted by Gasteiger charge is -2.29. The summed E-state index contributed by atoms with van der Waals surface area (Å²) in [6.45, 7) is 9.80. The molecule has 4 rings (SSSR count). The maximum absolute atomic E-state index is 12.4. The molecule has 1 fully saturated rings. The smallest absolute Gasteiger partial charge is 0.412 e. The van der Waals surface area contributed by atoms with Crippen molar-refractivity contribution in [2.45, 2.75) is 33.3 Å². The zero-order valence-electron chi connectivity index (χ0n) is 22.8. The highest BCUT2D eigenvalue weighted by Crippen LogP contribution is 2.33. The highest BCUT2D eigenvalue weighted by molar-refractivity contribution is 6.00. The summed E-state index contributed by atoms with van der Waals surface area (Å²) >= 11 is 0. The van der Waals surface area contributed by atoms with Crippen molar-refractivity contribution in [3.05, 3.63) is 54.2 Å². The Morgan fingerprint density at radius 1 is 1.00 bits per heavy atom. The largest absolute Gasteiger partial charge is 0.494 e. The standard InChI is InChI=1S/C28H34N6O5/c1-18(35)20-17-29-26(31-23-11-10-19(16-24(23)37-5)34-12-14-38-15-13-34)33-25(20)30-21-8-6-7-9-22(21)32-27(36)39-28(2,3)4/h6-11,16-17H,12-15H2,1-5H3,(H,32,36)(H2,29,30,31,33). The van der Waals surface area contributed by atoms with Crippen LogP contribution < -0.4 is 25.6 Å². The number of benzene rings is 2. The number of hydrogen-bond donors (Lipinski definition) is 3. The third-order valence-corrected chi connectivity index (χ3v) is 5.79. The van der Waals surface area contributed by atoms with E-state index in [-0.39, 0.29) is 17.5 Å². The molecule has 1 saturated heterocycles. The number of nitrogens with one attached hydrogen (secondary N) is 3. The number of anilines is 6. The number of rotatable bonds is 8. The van der Waals surface area contributed by atoms with E-state index in [2.05, 4.69) is 30.8 Å². The number of nitrogens with zero attached hydrogens (tertiary/aromatic N) is 3. The molecule has 3 aromatic rings. The van der Waals surface area contributed by atoms with E-state index in [0.717, 1.165) is 18.8 Å². The summed E-state index contributed by atoms with van der Waals surface area (Å²) in [5.74, 6) is 0.952. The second-order valence-electron chi connectivity index (χ2n) is 9.92. The highest BCUT2D eigenvalue weighted by Gasteiger charge is 2.19. The van der Waals surface area contributed by atoms with Crippen LogP contribution >= 0.6 is 0 Å². The highest BCUT2D eigenvalue weighted by atomic mass is 16.6. The van der Waals surface area contributed by atoms with E-state index < -0.39 is 11.7 Å². The van der Waals surface area contributed by atoms with Crippen molar-refractivity contribution in [1.82, 2.24) is 9.97 Å². The van der Waals surface area contributed by atoms with Crippen molar-refractivity contribution in [2.75, 3.05) is 54.3 Å². The minimum absolute atomic E-state index is 0.214. The Labute approximate surface area is 227 Å². The average Bonchev–Trinajstić information content (AvgIpc) is 2.89. The van der Waals surface area contributed by atoms with Crippen molar-refractivity contribution in [1.29, 1.82) is 0 Å². The summed E-state index contributed by atoms with van der Waals surface area (Å²) in [5.41, 5.74) is 2.34. The molecule has 2 heterocycles. The summed E-state index contributed by atoms with van der Waals surface area (Å²) < 4.78 is 16.4. The number of ether oxygens (including phenoxy) is 3. The lowest BCUT2D eigenvalue weighted by Crippen LogP contribution is -2.36. The van der Waals surface area contributed by atoms with Gasteiger partial charge in [-0.1, -0.05) is 12.1 Å². The van der Waals surface area contributed by atoms with Gasteiger partial charge in [-0.15, -0.1) is 0 Å². The number of aromatic nitrogens is 2. The molecule has 2 aromatic carbocycles. The molecular weight excluding hydrogens is 500 g/mol. The second-order valence-corrected chi connectivity index (χ2v) is 9.92. The molecule has 1 aromatic heterocycles. The molecule has 0 bridgehead atoms. The van der Waals surface area contributed by atoms with Crippen LogP contribution in [-0.2, 0) is 9.47 Å². The number of Topliss-reactive ketones (excluding diaryl/α,β-unsaturated/α-hetero) is 1. The van der Waals surface area contributed by atoms with Gasteiger partial charge in [0.1, 0.15) is 17.2 Å². The first-order chi connectivity index (χ1) is 18.6. The fourth-order valence-electron chi connectivity index (χ4n) is 3.96. The zero-order chi connectivity index (χ0) is 28.0. The van der Waals surface area contributed by atoms with Crippen molar-refractivity contribution >= 4 is 46.4 Å². The number of hydrogen-bond acceptors (Lipinski definition) is 10. The number of carbonyl (C=O) groups is 2. The van der Waals surface area contributed by atoms with E-state index in [1.165, 1.54) is 13.1 Å². The number of methoxy groups -OCH3 is 1. The van der Waals surface area contributed by atoms with Gasteiger partial charge in [0, 0.05) is 31.0 Å². The predicted octanol–water partition coefficient (Wildman–Crippen LogP) is 5.36. The number of carbonyl (C=O) groups excluding carboxylic acids is 2. The first-order valence-corrected chi connectivity index (χ1v) is 12.6. The Morgan fingerprint density at radius 3 is 2.38 bits per heavy atom. The fourth-order valence-corrected chi connectivity index (χ4v) is 3.96. The predicted molar refractivity (Wildman–Crippen MR) is 151 cm³/mol. The van der Waals surface area contributed by atoms with Crippen molar-refractivity contribution in [3.63, 3.8) is 0 Å². The number of ketones is 1. The van der Waals surface area contributed by atoms with Gasteiger partial charge in [0.2, 0.25) is 5.95 Å². The Hall–Kier alpha value is -4.38. The van der Waals surface area contributed by atoms with Crippen LogP contribution in [0.2, 0.25) is 0 Å². The summed E-state index contributed by atoms with van der Waals surface area (Å²) in [4.78, 5) is 35.9. The first-order valence-electron chi connectivity index (χ1n) is 12.6. The molecule has 0 unspecified atom stereocenters. The molecule has 11 nitrogen and oxygen atoms in total. The third kappa shape index (κ3) is 7.35. The number of amides is 1. The van der Waals surface area contributed by atoms with E-state index in [0.29, 0.717) is 41.6 Å². The van der Waals surface area contributed by atoms with E-state index in [9.17, 15) is 9.59 Å². The van der Waals surface area contributed by atoms with Crippen LogP contribution in [-0.4, -0.2) is 60.9 Å². The Balaban J connectivity index is 1.58. The van der Waals surface area contributed by atoms with Crippen LogP contribution in [0.25, 0.3) is 0 Å². The average molecular weight is 535 g/mol. The maximum Gasteiger partial charge on any atom is 0.412 e. The quantitative estimate of drug-likeness (QED) is 0.325. The summed E-state index contributed by atoms with van der Waals surface area (Å²) in [7, 11) is 1.60. The molecule has 0 atom stereocenters. The topological polar surface area (TPSA) is 127 Å². The van der Waals surface area contributed by atoms with E-state index >= 15 is 0 Å². The van der Waals surface area contributed by atoms with Gasteiger partial charge in [-0.3, -0.25) is 10.1 Å². The molecule has 206 valence electrons. The molecule has 1 aliphatic heterocycles. The Bertz CT molecular complexity index is 1330. The van der Waals surface area contributed by atoms with Crippen LogP contribution in [0, 0.1) is 0 Å². The number of para-hydroxylation sites is 2. The van der Waals surface area contributed by atoms with Crippen LogP contribution in [0.4, 0.5) is 39.3 Å². The van der Waals surface area contributed by atoms with Crippen LogP contribution in [0.1, 0.15) is 38.1 Å². The molecule has 0 saturated carbocycles. The van der Waals surface area contributed by atoms with Crippen molar-refractivity contribution in [2.24, 2.45) is 0 Å². The summed E-state index contributed by atoms with van der Waals surface area (Å²) in [5, 5.41) is 9.09. The van der Waals surface area contributed by atoms with Gasteiger partial charge in [0.25, 0.3) is 0 Å². The van der Waals surface area contributed by atoms with Crippen LogP contribution in [0.3, 0.4) is 0 Å². The van der Waals surface area contributed by atoms with Gasteiger partial charge in [0.05, 0.1) is 42.9 Å². The van der Waals surface area contributed by atoms with Gasteiger partial charge in [-0.05, 0) is 52.0 Å². The van der Waals surface area contributed by atoms with Crippen molar-refractivity contribution in [3.8, 4) is 5.75 Å². The molecule has 1 amide bonds. The molecule has 39 heavy (non-hydrogen) atoms. The molecule has 11 heteroatoms. The van der Waals surface area contributed by atoms with E-state index in [1.807, 2.05) is 18.2 Å². The Morgan fingerprint density at radius 2 is 1.72 bits per heavy atom. The Kier molecular flexibility index (Phi) is 8.50. The SMILES string of the molecule is COc1cc(N2CCOCC2)ccc1Nc1ncc(C(C)=O)c(Nc2ccccc2NC(=O)OC(C)(C)C)n1. The molecule has 0 radical (unpaired) electrons. The normalized spacial score (nSPS) is 13.4. The van der Waals surface area contributed by atoms with Gasteiger partial charge >= 0.3 is 6.09 Å². The second kappa shape index (κ2) is 12.0. The summed E-state index contributed by atoms with van der Waals surface area (Å²) in [6, 6.07) is 12.9. The summed E-state index contributed by atoms with van der Waals surface area (Å²) in [6.07, 6.45) is 0.861. The van der Waals surface area contributed by atoms with E-state index in [4.69, 9.17) is 14.2 Å². The first kappa shape index (κ1) is 27.6. The zero-order valence-corrected chi connectivity index (χ0v) is 22.8. The lowest BCUT2D eigenvalue weighted by atomic mass is 10.2. The molecule has 0 aliphatic carbocycles. The van der Waals surface area contributed by atoms with Crippen LogP contribution in [0.15, 0.2) is 48.7 Å². The van der Waals surface area contributed by atoms with E-state index in [1.54, 1.807) is 52.1 Å².